The molecule has 1 aliphatic rings. The maximum Gasteiger partial charge on any atom is 0.234 e. The van der Waals surface area contributed by atoms with Crippen molar-refractivity contribution in [1.29, 1.82) is 0 Å². The highest BCUT2D eigenvalue weighted by Gasteiger charge is 2.28. The number of benzene rings is 1. The summed E-state index contributed by atoms with van der Waals surface area (Å²) >= 11 is 1.32. The lowest BCUT2D eigenvalue weighted by molar-refractivity contribution is -0.113. The van der Waals surface area contributed by atoms with Crippen molar-refractivity contribution in [2.75, 3.05) is 11.1 Å². The van der Waals surface area contributed by atoms with E-state index in [4.69, 9.17) is 5.11 Å². The zero-order valence-corrected chi connectivity index (χ0v) is 12.1. The summed E-state index contributed by atoms with van der Waals surface area (Å²) in [6, 6.07) is 7.52. The van der Waals surface area contributed by atoms with E-state index in [0.29, 0.717) is 16.9 Å². The summed E-state index contributed by atoms with van der Waals surface area (Å²) in [5, 5.41) is 24.1. The monoisotopic (exact) mass is 305 g/mol. The Balaban J connectivity index is 1.55. The van der Waals surface area contributed by atoms with E-state index < -0.39 is 0 Å². The summed E-state index contributed by atoms with van der Waals surface area (Å²) in [7, 11) is 0. The number of hydrogen-bond donors (Lipinski definition) is 2. The molecule has 0 spiro atoms. The van der Waals surface area contributed by atoms with Crippen LogP contribution in [0.25, 0.3) is 0 Å². The number of aliphatic hydroxyl groups is 1. The minimum atomic E-state index is -0.125. The molecule has 110 valence electrons. The van der Waals surface area contributed by atoms with Crippen molar-refractivity contribution in [3.63, 3.8) is 0 Å². The van der Waals surface area contributed by atoms with Gasteiger partial charge in [-0.05, 0) is 41.0 Å². The number of aromatic nitrogens is 4. The number of tetrazole rings is 1. The van der Waals surface area contributed by atoms with Gasteiger partial charge in [-0.2, -0.15) is 0 Å². The molecule has 0 bridgehead atoms. The second-order valence-corrected chi connectivity index (χ2v) is 5.78. The number of aliphatic hydroxyl groups excluding tert-OH is 1. The summed E-state index contributed by atoms with van der Waals surface area (Å²) in [6.07, 6.45) is 2.19. The van der Waals surface area contributed by atoms with Crippen molar-refractivity contribution in [2.24, 2.45) is 0 Å². The largest absolute Gasteiger partial charge is 0.392 e. The average molecular weight is 305 g/mol. The van der Waals surface area contributed by atoms with E-state index in [2.05, 4.69) is 20.8 Å². The van der Waals surface area contributed by atoms with Gasteiger partial charge in [-0.15, -0.1) is 5.10 Å². The van der Waals surface area contributed by atoms with Crippen LogP contribution in [0.15, 0.2) is 29.4 Å². The summed E-state index contributed by atoms with van der Waals surface area (Å²) in [4.78, 5) is 11.9. The van der Waals surface area contributed by atoms with Gasteiger partial charge in [0, 0.05) is 5.69 Å². The lowest BCUT2D eigenvalue weighted by Crippen LogP contribution is -2.14. The van der Waals surface area contributed by atoms with Gasteiger partial charge in [-0.3, -0.25) is 4.79 Å². The summed E-state index contributed by atoms with van der Waals surface area (Å²) < 4.78 is 1.78. The van der Waals surface area contributed by atoms with Crippen molar-refractivity contribution in [1.82, 2.24) is 20.2 Å². The molecule has 0 aliphatic heterocycles. The molecule has 1 aromatic carbocycles. The van der Waals surface area contributed by atoms with Gasteiger partial charge in [0.05, 0.1) is 18.4 Å². The van der Waals surface area contributed by atoms with Gasteiger partial charge in [0.1, 0.15) is 0 Å². The van der Waals surface area contributed by atoms with Crippen LogP contribution in [0.2, 0.25) is 0 Å². The van der Waals surface area contributed by atoms with Crippen LogP contribution in [-0.4, -0.2) is 37.0 Å². The molecule has 1 aliphatic carbocycles. The smallest absolute Gasteiger partial charge is 0.234 e. The number of rotatable bonds is 6. The van der Waals surface area contributed by atoms with E-state index in [-0.39, 0.29) is 18.3 Å². The van der Waals surface area contributed by atoms with Crippen LogP contribution in [0.3, 0.4) is 0 Å². The standard InChI is InChI=1S/C13H15N5O2S/c19-7-9-2-1-3-10(6-9)14-12(20)8-21-13-15-16-17-18(13)11-4-5-11/h1-3,6,11,19H,4-5,7-8H2,(H,14,20). The number of nitrogens with one attached hydrogen (secondary N) is 1. The summed E-state index contributed by atoms with van der Waals surface area (Å²) in [5.41, 5.74) is 1.44. The van der Waals surface area contributed by atoms with Gasteiger partial charge in [-0.25, -0.2) is 4.68 Å². The molecule has 1 aromatic heterocycles. The van der Waals surface area contributed by atoms with Crippen LogP contribution in [-0.2, 0) is 11.4 Å². The molecule has 7 nitrogen and oxygen atoms in total. The molecular weight excluding hydrogens is 290 g/mol. The molecule has 2 aromatic rings. The van der Waals surface area contributed by atoms with Gasteiger partial charge in [0.25, 0.3) is 0 Å². The third-order valence-corrected chi connectivity index (χ3v) is 4.01. The lowest BCUT2D eigenvalue weighted by atomic mass is 10.2. The predicted octanol–water partition coefficient (Wildman–Crippen LogP) is 1.23. The predicted molar refractivity (Wildman–Crippen MR) is 77.8 cm³/mol. The molecular formula is C13H15N5O2S. The summed E-state index contributed by atoms with van der Waals surface area (Å²) in [5.74, 6) is 0.122. The number of anilines is 1. The van der Waals surface area contributed by atoms with E-state index in [9.17, 15) is 4.79 Å². The Hall–Kier alpha value is -1.93. The number of amides is 1. The number of carbonyl (C=O) groups excluding carboxylic acids is 1. The minimum Gasteiger partial charge on any atom is -0.392 e. The van der Waals surface area contributed by atoms with Crippen molar-refractivity contribution >= 4 is 23.4 Å². The highest BCUT2D eigenvalue weighted by Crippen LogP contribution is 2.36. The molecule has 1 fully saturated rings. The Bertz CT molecular complexity index is 641. The Morgan fingerprint density at radius 1 is 1.48 bits per heavy atom. The molecule has 2 N–H and O–H groups in total. The van der Waals surface area contributed by atoms with Crippen LogP contribution < -0.4 is 5.32 Å². The molecule has 8 heteroatoms. The third kappa shape index (κ3) is 3.59. The first-order valence-corrected chi connectivity index (χ1v) is 7.65. The number of carbonyl (C=O) groups is 1. The molecule has 0 unspecified atom stereocenters. The maximum atomic E-state index is 11.9. The quantitative estimate of drug-likeness (QED) is 0.780. The van der Waals surface area contributed by atoms with Gasteiger partial charge in [0.2, 0.25) is 11.1 Å². The highest BCUT2D eigenvalue weighted by molar-refractivity contribution is 7.99. The minimum absolute atomic E-state index is 0.0470. The van der Waals surface area contributed by atoms with Crippen molar-refractivity contribution < 1.29 is 9.90 Å². The lowest BCUT2D eigenvalue weighted by Gasteiger charge is -2.06. The zero-order valence-electron chi connectivity index (χ0n) is 11.3. The molecule has 0 atom stereocenters. The maximum absolute atomic E-state index is 11.9. The SMILES string of the molecule is O=C(CSc1nnnn1C1CC1)Nc1cccc(CO)c1. The molecule has 1 amide bonds. The van der Waals surface area contributed by atoms with Crippen molar-refractivity contribution in [2.45, 2.75) is 30.6 Å². The van der Waals surface area contributed by atoms with Crippen LogP contribution in [0.5, 0.6) is 0 Å². The summed E-state index contributed by atoms with van der Waals surface area (Å²) in [6.45, 7) is -0.0470. The van der Waals surface area contributed by atoms with Gasteiger partial charge < -0.3 is 10.4 Å². The highest BCUT2D eigenvalue weighted by atomic mass is 32.2. The Labute approximate surface area is 125 Å². The molecule has 1 saturated carbocycles. The first-order chi connectivity index (χ1) is 10.3. The van der Waals surface area contributed by atoms with Crippen molar-refractivity contribution in [3.05, 3.63) is 29.8 Å². The first-order valence-electron chi connectivity index (χ1n) is 6.66. The fourth-order valence-electron chi connectivity index (χ4n) is 1.90. The second-order valence-electron chi connectivity index (χ2n) is 4.83. The van der Waals surface area contributed by atoms with E-state index >= 15 is 0 Å². The fraction of sp³-hybridized carbons (Fsp3) is 0.385. The van der Waals surface area contributed by atoms with Crippen LogP contribution in [0, 0.1) is 0 Å². The molecule has 3 rings (SSSR count). The van der Waals surface area contributed by atoms with E-state index in [1.807, 2.05) is 0 Å². The van der Waals surface area contributed by atoms with Gasteiger partial charge in [-0.1, -0.05) is 23.9 Å². The second kappa shape index (κ2) is 6.23. The molecule has 0 radical (unpaired) electrons. The van der Waals surface area contributed by atoms with Gasteiger partial charge >= 0.3 is 0 Å². The van der Waals surface area contributed by atoms with Gasteiger partial charge in [0.15, 0.2) is 0 Å². The van der Waals surface area contributed by atoms with Crippen molar-refractivity contribution in [3.8, 4) is 0 Å². The number of nitrogens with zero attached hydrogens (tertiary/aromatic N) is 4. The molecule has 1 heterocycles. The Morgan fingerprint density at radius 3 is 3.10 bits per heavy atom. The molecule has 0 saturated heterocycles. The molecule has 21 heavy (non-hydrogen) atoms. The Morgan fingerprint density at radius 2 is 2.33 bits per heavy atom. The third-order valence-electron chi connectivity index (χ3n) is 3.08. The topological polar surface area (TPSA) is 92.9 Å². The first kappa shape index (κ1) is 14.0. The van der Waals surface area contributed by atoms with E-state index in [1.165, 1.54) is 11.8 Å². The Kier molecular flexibility index (Phi) is 4.16. The van der Waals surface area contributed by atoms with E-state index in [0.717, 1.165) is 18.4 Å². The average Bonchev–Trinajstić information content (AvgIpc) is 3.24. The van der Waals surface area contributed by atoms with Crippen LogP contribution >= 0.6 is 11.8 Å². The number of thioether (sulfide) groups is 1. The normalized spacial score (nSPS) is 14.1. The zero-order chi connectivity index (χ0) is 14.7. The van der Waals surface area contributed by atoms with Crippen LogP contribution in [0.1, 0.15) is 24.4 Å². The van der Waals surface area contributed by atoms with Crippen LogP contribution in [0.4, 0.5) is 5.69 Å². The number of hydrogen-bond acceptors (Lipinski definition) is 6. The fourth-order valence-corrected chi connectivity index (χ4v) is 2.65. The van der Waals surface area contributed by atoms with E-state index in [1.54, 1.807) is 28.9 Å².